The molecule has 5 nitrogen and oxygen atoms in total. The summed E-state index contributed by atoms with van der Waals surface area (Å²) in [4.78, 5) is -0.440. The molecule has 1 aromatic rings. The first-order valence-electron chi connectivity index (χ1n) is 9.40. The fourth-order valence-electron chi connectivity index (χ4n) is 3.97. The van der Waals surface area contributed by atoms with Crippen molar-refractivity contribution in [2.45, 2.75) is 45.9 Å². The zero-order chi connectivity index (χ0) is 23.3. The number of ether oxygens (including phenoxy) is 1. The second-order valence-electron chi connectivity index (χ2n) is 8.08. The van der Waals surface area contributed by atoms with Crippen molar-refractivity contribution in [2.24, 2.45) is 5.92 Å². The number of alkyl halides is 4. The van der Waals surface area contributed by atoms with Crippen molar-refractivity contribution in [2.75, 3.05) is 12.9 Å². The maximum atomic E-state index is 13.4. The standard InChI is InChI=1S/C20H22ClF3O5S2/c1-18(31(27,28)15-7-5-6-14(12-15)20(22,23)24)10-11-29-17(13-18)16-8-3-4-9-19(16,21)30(2,25)26/h3-9,12,16-17H,10-11,13H2,1-2H3. The van der Waals surface area contributed by atoms with Crippen LogP contribution in [0.1, 0.15) is 25.3 Å². The molecule has 1 aliphatic heterocycles. The molecule has 0 radical (unpaired) electrons. The van der Waals surface area contributed by atoms with Crippen LogP contribution in [0.5, 0.6) is 0 Å². The Hall–Kier alpha value is -1.36. The summed E-state index contributed by atoms with van der Waals surface area (Å²) in [6.45, 7) is 1.43. The summed E-state index contributed by atoms with van der Waals surface area (Å²) in [5.41, 5.74) is -1.06. The molecule has 0 amide bonds. The Labute approximate surface area is 184 Å². The van der Waals surface area contributed by atoms with Crippen LogP contribution in [-0.4, -0.2) is 44.8 Å². The molecule has 0 spiro atoms. The fraction of sp³-hybridized carbons (Fsp3) is 0.500. The minimum Gasteiger partial charge on any atom is -0.377 e. The molecule has 1 aliphatic carbocycles. The Morgan fingerprint density at radius 2 is 1.84 bits per heavy atom. The maximum Gasteiger partial charge on any atom is 0.416 e. The number of sulfone groups is 2. The van der Waals surface area contributed by atoms with Crippen LogP contribution < -0.4 is 0 Å². The van der Waals surface area contributed by atoms with Gasteiger partial charge < -0.3 is 4.74 Å². The minimum atomic E-state index is -4.68. The van der Waals surface area contributed by atoms with E-state index < -0.39 is 57.3 Å². The van der Waals surface area contributed by atoms with Crippen LogP contribution in [0.25, 0.3) is 0 Å². The van der Waals surface area contributed by atoms with Gasteiger partial charge in [-0.25, -0.2) is 16.8 Å². The third-order valence-corrected chi connectivity index (χ3v) is 11.2. The highest BCUT2D eigenvalue weighted by Crippen LogP contribution is 2.46. The zero-order valence-electron chi connectivity index (χ0n) is 16.8. The largest absolute Gasteiger partial charge is 0.416 e. The monoisotopic (exact) mass is 498 g/mol. The number of halogens is 4. The molecule has 4 atom stereocenters. The van der Waals surface area contributed by atoms with Crippen LogP contribution >= 0.6 is 11.6 Å². The van der Waals surface area contributed by atoms with Crippen LogP contribution in [0.4, 0.5) is 13.2 Å². The second-order valence-corrected chi connectivity index (χ2v) is 13.6. The van der Waals surface area contributed by atoms with Crippen molar-refractivity contribution in [1.29, 1.82) is 0 Å². The van der Waals surface area contributed by atoms with E-state index in [2.05, 4.69) is 0 Å². The Balaban J connectivity index is 1.98. The second kappa shape index (κ2) is 7.90. The first-order chi connectivity index (χ1) is 14.1. The lowest BCUT2D eigenvalue weighted by atomic mass is 9.85. The number of allylic oxidation sites excluding steroid dienone is 2. The molecular weight excluding hydrogens is 477 g/mol. The molecule has 0 saturated carbocycles. The molecule has 1 fully saturated rings. The van der Waals surface area contributed by atoms with Crippen molar-refractivity contribution in [3.63, 3.8) is 0 Å². The van der Waals surface area contributed by atoms with Crippen LogP contribution in [0, 0.1) is 5.92 Å². The predicted molar refractivity (Wildman–Crippen MR) is 111 cm³/mol. The lowest BCUT2D eigenvalue weighted by Crippen LogP contribution is -2.52. The molecule has 0 bridgehead atoms. The normalized spacial score (nSPS) is 32.2. The molecule has 0 aromatic heterocycles. The predicted octanol–water partition coefficient (Wildman–Crippen LogP) is 4.14. The third-order valence-electron chi connectivity index (χ3n) is 5.89. The Kier molecular flexibility index (Phi) is 6.19. The van der Waals surface area contributed by atoms with Crippen LogP contribution in [0.2, 0.25) is 0 Å². The fourth-order valence-corrected chi connectivity index (χ4v) is 7.15. The van der Waals surface area contributed by atoms with Gasteiger partial charge in [-0.1, -0.05) is 35.9 Å². The van der Waals surface area contributed by atoms with E-state index in [0.29, 0.717) is 6.07 Å². The third kappa shape index (κ3) is 4.31. The molecule has 172 valence electrons. The summed E-state index contributed by atoms with van der Waals surface area (Å²) in [5.74, 6) is -0.870. The van der Waals surface area contributed by atoms with E-state index in [1.54, 1.807) is 12.2 Å². The Morgan fingerprint density at radius 1 is 1.16 bits per heavy atom. The number of hydrogen-bond donors (Lipinski definition) is 0. The highest BCUT2D eigenvalue weighted by atomic mass is 35.5. The summed E-state index contributed by atoms with van der Waals surface area (Å²) in [7, 11) is -8.00. The van der Waals surface area contributed by atoms with E-state index in [1.165, 1.54) is 19.1 Å². The first-order valence-corrected chi connectivity index (χ1v) is 13.2. The van der Waals surface area contributed by atoms with Gasteiger partial charge in [-0.15, -0.1) is 0 Å². The van der Waals surface area contributed by atoms with Gasteiger partial charge in [-0.3, -0.25) is 0 Å². The summed E-state index contributed by atoms with van der Waals surface area (Å²) < 4.78 is 93.2. The minimum absolute atomic E-state index is 0.00978. The Bertz CT molecular complexity index is 1130. The van der Waals surface area contributed by atoms with E-state index in [0.717, 1.165) is 24.5 Å². The molecule has 3 rings (SSSR count). The number of rotatable bonds is 4. The van der Waals surface area contributed by atoms with Crippen molar-refractivity contribution in [3.05, 3.63) is 54.1 Å². The molecular formula is C20H22ClF3O5S2. The lowest BCUT2D eigenvalue weighted by Gasteiger charge is -2.43. The van der Waals surface area contributed by atoms with Gasteiger partial charge in [0.15, 0.2) is 23.9 Å². The summed E-state index contributed by atoms with van der Waals surface area (Å²) >= 11 is 6.47. The topological polar surface area (TPSA) is 77.5 Å². The Morgan fingerprint density at radius 3 is 2.45 bits per heavy atom. The van der Waals surface area contributed by atoms with E-state index in [-0.39, 0.29) is 19.4 Å². The molecule has 1 aromatic carbocycles. The maximum absolute atomic E-state index is 13.4. The van der Waals surface area contributed by atoms with E-state index in [9.17, 15) is 30.0 Å². The number of hydrogen-bond acceptors (Lipinski definition) is 5. The van der Waals surface area contributed by atoms with Crippen molar-refractivity contribution in [1.82, 2.24) is 0 Å². The highest BCUT2D eigenvalue weighted by molar-refractivity contribution is 7.93. The smallest absolute Gasteiger partial charge is 0.377 e. The summed E-state index contributed by atoms with van der Waals surface area (Å²) in [5, 5.41) is 0. The van der Waals surface area contributed by atoms with Gasteiger partial charge in [0.1, 0.15) is 0 Å². The highest BCUT2D eigenvalue weighted by Gasteiger charge is 2.53. The van der Waals surface area contributed by atoms with E-state index >= 15 is 0 Å². The van der Waals surface area contributed by atoms with Crippen LogP contribution in [0.15, 0.2) is 53.5 Å². The summed E-state index contributed by atoms with van der Waals surface area (Å²) in [6, 6.07) is 3.61. The van der Waals surface area contributed by atoms with Gasteiger partial charge in [0.05, 0.1) is 21.3 Å². The summed E-state index contributed by atoms with van der Waals surface area (Å²) in [6.07, 6.45) is 1.33. The molecule has 1 saturated heterocycles. The van der Waals surface area contributed by atoms with Gasteiger partial charge in [-0.2, -0.15) is 13.2 Å². The molecule has 0 N–H and O–H groups in total. The molecule has 4 unspecified atom stereocenters. The van der Waals surface area contributed by atoms with Gasteiger partial charge >= 0.3 is 6.18 Å². The molecule has 2 aliphatic rings. The van der Waals surface area contributed by atoms with E-state index in [4.69, 9.17) is 16.3 Å². The van der Waals surface area contributed by atoms with Crippen LogP contribution in [0.3, 0.4) is 0 Å². The van der Waals surface area contributed by atoms with Gasteiger partial charge in [0.2, 0.25) is 0 Å². The van der Waals surface area contributed by atoms with Gasteiger partial charge in [0, 0.05) is 18.8 Å². The van der Waals surface area contributed by atoms with Gasteiger partial charge in [-0.05, 0) is 44.0 Å². The van der Waals surface area contributed by atoms with Crippen molar-refractivity contribution < 1.29 is 34.7 Å². The van der Waals surface area contributed by atoms with E-state index in [1.807, 2.05) is 0 Å². The van der Waals surface area contributed by atoms with Crippen LogP contribution in [-0.2, 0) is 30.6 Å². The first kappa shape index (κ1) is 24.3. The zero-order valence-corrected chi connectivity index (χ0v) is 19.2. The SMILES string of the molecule is CC1(S(=O)(=O)c2cccc(C(F)(F)F)c2)CCOC(C2C=CC=CC2(Cl)S(C)(=O)=O)C1. The molecule has 11 heteroatoms. The van der Waals surface area contributed by atoms with Crippen molar-refractivity contribution >= 4 is 31.3 Å². The average molecular weight is 499 g/mol. The van der Waals surface area contributed by atoms with Crippen molar-refractivity contribution in [3.8, 4) is 0 Å². The lowest BCUT2D eigenvalue weighted by molar-refractivity contribution is -0.137. The molecule has 31 heavy (non-hydrogen) atoms. The van der Waals surface area contributed by atoms with Gasteiger partial charge in [0.25, 0.3) is 0 Å². The average Bonchev–Trinajstić information content (AvgIpc) is 2.67. The number of benzene rings is 1. The quantitative estimate of drug-likeness (QED) is 0.583. The molecule has 1 heterocycles.